The summed E-state index contributed by atoms with van der Waals surface area (Å²) in [7, 11) is 0. The fraction of sp³-hybridized carbons (Fsp3) is 0.720. The third kappa shape index (κ3) is 3.71. The van der Waals surface area contributed by atoms with Crippen molar-refractivity contribution in [2.24, 2.45) is 11.3 Å². The molecule has 2 aliphatic carbocycles. The third-order valence-corrected chi connectivity index (χ3v) is 9.13. The second-order valence-electron chi connectivity index (χ2n) is 11.5. The summed E-state index contributed by atoms with van der Waals surface area (Å²) in [5.74, 6) is 1.72. The molecule has 8 nitrogen and oxygen atoms in total. The number of dihydropyridines is 1. The van der Waals surface area contributed by atoms with Crippen LogP contribution >= 0.6 is 0 Å². The van der Waals surface area contributed by atoms with Gasteiger partial charge in [0.05, 0.1) is 5.41 Å². The summed E-state index contributed by atoms with van der Waals surface area (Å²) in [5, 5.41) is 11.0. The number of halogens is 2. The normalized spacial score (nSPS) is 30.7. The number of carbonyl (C=O) groups is 1. The van der Waals surface area contributed by atoms with Gasteiger partial charge in [0.15, 0.2) is 5.82 Å². The molecule has 7 rings (SSSR count). The smallest absolute Gasteiger partial charge is 0.320 e. The quantitative estimate of drug-likeness (QED) is 0.686. The molecule has 2 saturated carbocycles. The number of amides is 2. The highest BCUT2D eigenvalue weighted by molar-refractivity contribution is 5.75. The van der Waals surface area contributed by atoms with Gasteiger partial charge >= 0.3 is 6.03 Å². The number of carbonyl (C=O) groups excluding carboxylic acids is 1. The van der Waals surface area contributed by atoms with Crippen molar-refractivity contribution in [2.45, 2.75) is 56.3 Å². The molecule has 1 unspecified atom stereocenters. The van der Waals surface area contributed by atoms with Gasteiger partial charge in [0.1, 0.15) is 11.6 Å². The molecule has 5 heterocycles. The van der Waals surface area contributed by atoms with E-state index >= 15 is 0 Å². The van der Waals surface area contributed by atoms with E-state index < -0.39 is 11.3 Å². The van der Waals surface area contributed by atoms with Crippen LogP contribution in [0.4, 0.5) is 13.6 Å². The lowest BCUT2D eigenvalue weighted by atomic mass is 9.89. The summed E-state index contributed by atoms with van der Waals surface area (Å²) in [4.78, 5) is 23.7. The zero-order valence-corrected chi connectivity index (χ0v) is 20.0. The minimum atomic E-state index is -2.48. The first-order valence-corrected chi connectivity index (χ1v) is 13.1. The monoisotopic (exact) mass is 485 g/mol. The van der Waals surface area contributed by atoms with E-state index in [-0.39, 0.29) is 12.5 Å². The summed E-state index contributed by atoms with van der Waals surface area (Å²) < 4.78 is 27.4. The predicted octanol–water partition coefficient (Wildman–Crippen LogP) is 3.02. The molecular formula is C25H33F2N7O. The summed E-state index contributed by atoms with van der Waals surface area (Å²) in [6.45, 7) is 4.89. The Morgan fingerprint density at radius 3 is 2.40 bits per heavy atom. The van der Waals surface area contributed by atoms with Crippen molar-refractivity contribution in [3.05, 3.63) is 35.2 Å². The minimum absolute atomic E-state index is 0.0376. The van der Waals surface area contributed by atoms with Crippen molar-refractivity contribution in [3.63, 3.8) is 0 Å². The molecule has 0 bridgehead atoms. The highest BCUT2D eigenvalue weighted by Crippen LogP contribution is 2.65. The first-order valence-electron chi connectivity index (χ1n) is 13.1. The maximum Gasteiger partial charge on any atom is 0.320 e. The van der Waals surface area contributed by atoms with E-state index in [4.69, 9.17) is 4.98 Å². The number of urea groups is 1. The Balaban J connectivity index is 0.885. The van der Waals surface area contributed by atoms with Gasteiger partial charge in [-0.3, -0.25) is 5.10 Å². The first-order chi connectivity index (χ1) is 16.9. The van der Waals surface area contributed by atoms with E-state index in [2.05, 4.69) is 26.5 Å². The van der Waals surface area contributed by atoms with Crippen LogP contribution in [0.2, 0.25) is 0 Å². The number of nitrogens with zero attached hydrogens (tertiary/aromatic N) is 5. The Hall–Kier alpha value is -2.65. The van der Waals surface area contributed by atoms with E-state index in [9.17, 15) is 13.6 Å². The molecule has 6 aliphatic rings. The van der Waals surface area contributed by atoms with Crippen LogP contribution in [0.3, 0.4) is 0 Å². The van der Waals surface area contributed by atoms with Crippen molar-refractivity contribution in [1.82, 2.24) is 35.2 Å². The number of hydrogen-bond acceptors (Lipinski definition) is 5. The zero-order chi connectivity index (χ0) is 23.8. The van der Waals surface area contributed by atoms with Gasteiger partial charge in [-0.25, -0.2) is 18.6 Å². The maximum absolute atomic E-state index is 13.7. The molecule has 4 aliphatic heterocycles. The molecule has 10 heteroatoms. The van der Waals surface area contributed by atoms with Gasteiger partial charge in [-0.15, -0.1) is 0 Å². The Labute approximate surface area is 203 Å². The van der Waals surface area contributed by atoms with Gasteiger partial charge in [-0.1, -0.05) is 6.08 Å². The van der Waals surface area contributed by atoms with Gasteiger partial charge in [-0.05, 0) is 43.8 Å². The van der Waals surface area contributed by atoms with Crippen LogP contribution < -0.4 is 5.32 Å². The molecule has 1 aromatic rings. The third-order valence-electron chi connectivity index (χ3n) is 9.13. The Morgan fingerprint density at radius 2 is 1.77 bits per heavy atom. The fourth-order valence-corrected chi connectivity index (χ4v) is 6.30. The van der Waals surface area contributed by atoms with Crippen molar-refractivity contribution in [3.8, 4) is 0 Å². The van der Waals surface area contributed by atoms with Crippen LogP contribution in [0.25, 0.3) is 0 Å². The molecular weight excluding hydrogens is 452 g/mol. The molecule has 35 heavy (non-hydrogen) atoms. The van der Waals surface area contributed by atoms with Crippen LogP contribution in [0.5, 0.6) is 0 Å². The van der Waals surface area contributed by atoms with Crippen molar-refractivity contribution in [2.75, 3.05) is 45.8 Å². The zero-order valence-electron chi connectivity index (χ0n) is 20.0. The number of likely N-dealkylation sites (tertiary alicyclic amines) is 3. The average Bonchev–Trinajstić information content (AvgIpc) is 3.61. The van der Waals surface area contributed by atoms with Gasteiger partial charge < -0.3 is 20.0 Å². The lowest BCUT2D eigenvalue weighted by Gasteiger charge is -2.44. The average molecular weight is 486 g/mol. The number of H-pyrrole nitrogens is 1. The highest BCUT2D eigenvalue weighted by atomic mass is 19.3. The van der Waals surface area contributed by atoms with E-state index in [1.165, 1.54) is 18.4 Å². The van der Waals surface area contributed by atoms with Gasteiger partial charge in [0.25, 0.3) is 5.92 Å². The van der Waals surface area contributed by atoms with Crippen molar-refractivity contribution >= 4 is 6.03 Å². The second kappa shape index (κ2) is 7.67. The largest absolute Gasteiger partial charge is 0.368 e. The number of hydrogen-bond donors (Lipinski definition) is 2. The molecule has 188 valence electrons. The Morgan fingerprint density at radius 1 is 1.00 bits per heavy atom. The van der Waals surface area contributed by atoms with E-state index in [0.717, 1.165) is 63.0 Å². The molecule has 2 amide bonds. The number of piperidine rings is 1. The van der Waals surface area contributed by atoms with Gasteiger partial charge in [-0.2, -0.15) is 5.10 Å². The van der Waals surface area contributed by atoms with Crippen LogP contribution in [-0.2, 0) is 0 Å². The molecule has 0 radical (unpaired) electrons. The minimum Gasteiger partial charge on any atom is -0.368 e. The number of rotatable bonds is 4. The van der Waals surface area contributed by atoms with Crippen LogP contribution in [0.15, 0.2) is 23.5 Å². The Bertz CT molecular complexity index is 1080. The van der Waals surface area contributed by atoms with Crippen molar-refractivity contribution in [1.29, 1.82) is 0 Å². The van der Waals surface area contributed by atoms with Crippen LogP contribution in [0.1, 0.15) is 62.0 Å². The van der Waals surface area contributed by atoms with E-state index in [1.54, 1.807) is 0 Å². The highest BCUT2D eigenvalue weighted by Gasteiger charge is 2.72. The lowest BCUT2D eigenvalue weighted by molar-refractivity contribution is 0.0672. The topological polar surface area (TPSA) is 80.4 Å². The van der Waals surface area contributed by atoms with Crippen LogP contribution in [0, 0.1) is 11.3 Å². The predicted molar refractivity (Wildman–Crippen MR) is 125 cm³/mol. The lowest BCUT2D eigenvalue weighted by Crippen LogP contribution is -2.57. The molecule has 0 aromatic carbocycles. The first kappa shape index (κ1) is 21.6. The summed E-state index contributed by atoms with van der Waals surface area (Å²) in [6.07, 6.45) is 9.03. The summed E-state index contributed by atoms with van der Waals surface area (Å²) in [5.41, 5.74) is 0.510. The maximum atomic E-state index is 13.7. The SMILES string of the molecule is O=C(N1CCC(c2nc(C3CC3)n[nH]2)CC1)N1CC(C2=CC=C(N3CCC4(C3)CC4(F)F)NC2)C1. The number of nitrogens with one attached hydrogen (secondary N) is 2. The van der Waals surface area contributed by atoms with E-state index in [1.807, 2.05) is 15.9 Å². The molecule has 5 fully saturated rings. The standard InChI is InChI=1S/C25H33F2N7O/c26-25(27)14-24(25)7-10-33(15-24)20-4-3-18(11-28-20)19-12-34(13-19)23(35)32-8-5-17(6-9-32)22-29-21(30-31-22)16-1-2-16/h3-4,16-17,19,28H,1-2,5-15H2,(H,29,30,31). The molecule has 2 N–H and O–H groups in total. The number of alkyl halides is 2. The Kier molecular flexibility index (Phi) is 4.74. The second-order valence-corrected chi connectivity index (χ2v) is 11.5. The number of allylic oxidation sites excluding steroid dienone is 2. The van der Waals surface area contributed by atoms with Crippen molar-refractivity contribution < 1.29 is 13.6 Å². The summed E-state index contributed by atoms with van der Waals surface area (Å²) >= 11 is 0. The van der Waals surface area contributed by atoms with Gasteiger partial charge in [0, 0.05) is 70.0 Å². The fourth-order valence-electron chi connectivity index (χ4n) is 6.30. The summed E-state index contributed by atoms with van der Waals surface area (Å²) in [6, 6.07) is 0.143. The molecule has 3 saturated heterocycles. The molecule has 1 aromatic heterocycles. The van der Waals surface area contributed by atoms with Gasteiger partial charge in [0.2, 0.25) is 0 Å². The van der Waals surface area contributed by atoms with E-state index in [0.29, 0.717) is 37.3 Å². The number of aromatic nitrogens is 3. The van der Waals surface area contributed by atoms with Crippen LogP contribution in [-0.4, -0.2) is 87.6 Å². The molecule has 1 spiro atoms. The number of aromatic amines is 1. The molecule has 1 atom stereocenters.